The maximum Gasteiger partial charge on any atom is 0.306 e. The van der Waals surface area contributed by atoms with Crippen molar-refractivity contribution < 1.29 is 28.6 Å². The Morgan fingerprint density at radius 1 is 0.356 bits per heavy atom. The van der Waals surface area contributed by atoms with Crippen molar-refractivity contribution in [2.24, 2.45) is 0 Å². The molecule has 6 nitrogen and oxygen atoms in total. The Morgan fingerprint density at radius 3 is 1.10 bits per heavy atom. The molecule has 0 aliphatic carbocycles. The molecule has 0 radical (unpaired) electrons. The Balaban J connectivity index is 4.45. The van der Waals surface area contributed by atoms with Gasteiger partial charge in [-0.15, -0.1) is 0 Å². The molecule has 0 aromatic rings. The van der Waals surface area contributed by atoms with Gasteiger partial charge in [0.05, 0.1) is 0 Å². The van der Waals surface area contributed by atoms with Gasteiger partial charge in [-0.3, -0.25) is 14.4 Å². The van der Waals surface area contributed by atoms with Crippen LogP contribution in [0.3, 0.4) is 0 Å². The molecule has 0 amide bonds. The summed E-state index contributed by atoms with van der Waals surface area (Å²) in [5.74, 6) is -0.944. The molecular weight excluding hydrogens is 733 g/mol. The molecule has 0 fully saturated rings. The van der Waals surface area contributed by atoms with Gasteiger partial charge in [0.25, 0.3) is 0 Å². The van der Waals surface area contributed by atoms with Crippen LogP contribution < -0.4 is 0 Å². The smallest absolute Gasteiger partial charge is 0.306 e. The van der Waals surface area contributed by atoms with E-state index in [4.69, 9.17) is 14.2 Å². The number of ether oxygens (including phenoxy) is 3. The largest absolute Gasteiger partial charge is 0.462 e. The highest BCUT2D eigenvalue weighted by Crippen LogP contribution is 2.15. The first kappa shape index (κ1) is 56.1. The molecule has 0 bridgehead atoms. The van der Waals surface area contributed by atoms with Crippen molar-refractivity contribution >= 4 is 17.9 Å². The zero-order chi connectivity index (χ0) is 43.0. The maximum atomic E-state index is 12.8. The van der Waals surface area contributed by atoms with E-state index in [9.17, 15) is 14.4 Å². The predicted octanol–water partition coefficient (Wildman–Crippen LogP) is 16.1. The maximum absolute atomic E-state index is 12.8. The van der Waals surface area contributed by atoms with Crippen molar-refractivity contribution in [2.45, 2.75) is 245 Å². The number of esters is 3. The van der Waals surface area contributed by atoms with Gasteiger partial charge in [0.15, 0.2) is 6.10 Å². The number of allylic oxidation sites excluding steroid dienone is 10. The fourth-order valence-corrected chi connectivity index (χ4v) is 6.86. The second-order valence-corrected chi connectivity index (χ2v) is 16.4. The Labute approximate surface area is 364 Å². The molecule has 6 heteroatoms. The lowest BCUT2D eigenvalue weighted by Gasteiger charge is -2.18. The molecule has 1 unspecified atom stereocenters. The van der Waals surface area contributed by atoms with Crippen molar-refractivity contribution in [3.8, 4) is 0 Å². The highest BCUT2D eigenvalue weighted by Gasteiger charge is 2.19. The fourth-order valence-electron chi connectivity index (χ4n) is 6.86. The summed E-state index contributed by atoms with van der Waals surface area (Å²) in [5.41, 5.74) is 0. The first-order valence-corrected chi connectivity index (χ1v) is 24.8. The van der Waals surface area contributed by atoms with Crippen molar-refractivity contribution in [1.29, 1.82) is 0 Å². The summed E-state index contributed by atoms with van der Waals surface area (Å²) in [7, 11) is 0. The molecule has 0 aromatic heterocycles. The highest BCUT2D eigenvalue weighted by atomic mass is 16.6. The summed E-state index contributed by atoms with van der Waals surface area (Å²) in [5, 5.41) is 0. The van der Waals surface area contributed by atoms with Gasteiger partial charge < -0.3 is 14.2 Å². The lowest BCUT2D eigenvalue weighted by atomic mass is 10.0. The van der Waals surface area contributed by atoms with Crippen LogP contribution in [0.5, 0.6) is 0 Å². The van der Waals surface area contributed by atoms with Crippen molar-refractivity contribution in [1.82, 2.24) is 0 Å². The SMILES string of the molecule is CC\C=C/C=C\C=C/C=C\CCCCCC(=O)OCC(COC(=O)CCCCC/C=C\CCCCCCCCC)OC(=O)CCCCCCCCCCCCCCCC. The number of carbonyl (C=O) groups is 3. The average Bonchev–Trinajstić information content (AvgIpc) is 3.23. The molecule has 0 aliphatic rings. The van der Waals surface area contributed by atoms with Gasteiger partial charge in [-0.2, -0.15) is 0 Å². The van der Waals surface area contributed by atoms with E-state index in [1.807, 2.05) is 36.5 Å². The van der Waals surface area contributed by atoms with E-state index in [2.05, 4.69) is 45.1 Å². The van der Waals surface area contributed by atoms with Gasteiger partial charge in [-0.1, -0.05) is 216 Å². The van der Waals surface area contributed by atoms with E-state index in [1.165, 1.54) is 116 Å². The van der Waals surface area contributed by atoms with Crippen LogP contribution in [0.15, 0.2) is 60.8 Å². The van der Waals surface area contributed by atoms with Crippen LogP contribution in [0.1, 0.15) is 239 Å². The standard InChI is InChI=1S/C53H92O6/c1-4-7-10-13-16-19-22-25-28-31-34-37-40-43-46-52(55)58-49-50(48-57-51(54)45-42-39-36-33-30-27-24-21-18-15-12-9-6-3)59-53(56)47-44-41-38-35-32-29-26-23-20-17-14-11-8-5-2/h9,12,15,18,21,24,27-28,30-31,50H,4-8,10-11,13-14,16-17,19-20,22-23,25-26,29,32-49H2,1-3H3/b12-9-,18-15-,24-21-,30-27-,31-28-. The summed E-state index contributed by atoms with van der Waals surface area (Å²) in [6.07, 6.45) is 57.7. The molecule has 0 saturated heterocycles. The summed E-state index contributed by atoms with van der Waals surface area (Å²) in [4.78, 5) is 37.9. The Bertz CT molecular complexity index is 1090. The Hall–Kier alpha value is -2.89. The van der Waals surface area contributed by atoms with Crippen LogP contribution in [0.4, 0.5) is 0 Å². The number of rotatable bonds is 44. The third-order valence-electron chi connectivity index (χ3n) is 10.6. The van der Waals surface area contributed by atoms with Gasteiger partial charge in [-0.05, 0) is 64.2 Å². The number of unbranched alkanes of at least 4 members (excludes halogenated alkanes) is 26. The average molecular weight is 825 g/mol. The predicted molar refractivity (Wildman–Crippen MR) is 251 cm³/mol. The van der Waals surface area contributed by atoms with E-state index < -0.39 is 6.10 Å². The van der Waals surface area contributed by atoms with Crippen LogP contribution in [0.25, 0.3) is 0 Å². The molecule has 0 aliphatic heterocycles. The second kappa shape index (κ2) is 47.8. The minimum Gasteiger partial charge on any atom is -0.462 e. The molecule has 0 aromatic carbocycles. The molecule has 0 heterocycles. The summed E-state index contributed by atoms with van der Waals surface area (Å²) < 4.78 is 16.7. The zero-order valence-corrected chi connectivity index (χ0v) is 38.8. The fraction of sp³-hybridized carbons (Fsp3) is 0.755. The topological polar surface area (TPSA) is 78.9 Å². The van der Waals surface area contributed by atoms with Crippen LogP contribution in [-0.4, -0.2) is 37.2 Å². The minimum atomic E-state index is -0.792. The lowest BCUT2D eigenvalue weighted by Crippen LogP contribution is -2.30. The van der Waals surface area contributed by atoms with Gasteiger partial charge in [0, 0.05) is 19.3 Å². The van der Waals surface area contributed by atoms with Gasteiger partial charge >= 0.3 is 17.9 Å². The molecule has 0 spiro atoms. The first-order valence-electron chi connectivity index (χ1n) is 24.8. The van der Waals surface area contributed by atoms with E-state index >= 15 is 0 Å². The van der Waals surface area contributed by atoms with E-state index in [-0.39, 0.29) is 31.1 Å². The monoisotopic (exact) mass is 825 g/mol. The third kappa shape index (κ3) is 46.0. The molecule has 0 rings (SSSR count). The second-order valence-electron chi connectivity index (χ2n) is 16.4. The molecule has 59 heavy (non-hydrogen) atoms. The third-order valence-corrected chi connectivity index (χ3v) is 10.6. The Kier molecular flexibility index (Phi) is 45.4. The van der Waals surface area contributed by atoms with Gasteiger partial charge in [-0.25, -0.2) is 0 Å². The molecule has 0 saturated carbocycles. The van der Waals surface area contributed by atoms with Gasteiger partial charge in [0.2, 0.25) is 0 Å². The number of hydrogen-bond acceptors (Lipinski definition) is 6. The van der Waals surface area contributed by atoms with Crippen LogP contribution in [-0.2, 0) is 28.6 Å². The minimum absolute atomic E-state index is 0.0933. The molecule has 1 atom stereocenters. The summed E-state index contributed by atoms with van der Waals surface area (Å²) >= 11 is 0. The Morgan fingerprint density at radius 2 is 0.678 bits per heavy atom. The van der Waals surface area contributed by atoms with E-state index in [1.54, 1.807) is 0 Å². The molecule has 340 valence electrons. The summed E-state index contributed by atoms with van der Waals surface area (Å²) in [6, 6.07) is 0. The van der Waals surface area contributed by atoms with Crippen LogP contribution >= 0.6 is 0 Å². The zero-order valence-electron chi connectivity index (χ0n) is 38.8. The number of carbonyl (C=O) groups excluding carboxylic acids is 3. The van der Waals surface area contributed by atoms with Crippen molar-refractivity contribution in [2.75, 3.05) is 13.2 Å². The molecule has 0 N–H and O–H groups in total. The molecular formula is C53H92O6. The first-order chi connectivity index (χ1) is 29.0. The van der Waals surface area contributed by atoms with Gasteiger partial charge in [0.1, 0.15) is 13.2 Å². The van der Waals surface area contributed by atoms with E-state index in [0.29, 0.717) is 19.3 Å². The summed E-state index contributed by atoms with van der Waals surface area (Å²) in [6.45, 7) is 6.45. The van der Waals surface area contributed by atoms with Crippen molar-refractivity contribution in [3.63, 3.8) is 0 Å². The normalized spacial score (nSPS) is 12.5. The van der Waals surface area contributed by atoms with Crippen LogP contribution in [0, 0.1) is 0 Å². The highest BCUT2D eigenvalue weighted by molar-refractivity contribution is 5.71. The van der Waals surface area contributed by atoms with Crippen molar-refractivity contribution in [3.05, 3.63) is 60.8 Å². The van der Waals surface area contributed by atoms with E-state index in [0.717, 1.165) is 83.5 Å². The quantitative estimate of drug-likeness (QED) is 0.0200. The number of hydrogen-bond donors (Lipinski definition) is 0. The van der Waals surface area contributed by atoms with Crippen LogP contribution in [0.2, 0.25) is 0 Å². The lowest BCUT2D eigenvalue weighted by molar-refractivity contribution is -0.167.